The third-order valence-electron chi connectivity index (χ3n) is 1.66. The minimum absolute atomic E-state index is 0.154. The molecule has 0 aromatic heterocycles. The molecule has 1 unspecified atom stereocenters. The van der Waals surface area contributed by atoms with Crippen molar-refractivity contribution in [1.82, 2.24) is 4.90 Å². The molecule has 0 saturated carbocycles. The molecule has 0 rings (SSSR count). The normalized spacial score (nSPS) is 12.7. The largest absolute Gasteiger partial charge is 0.384 e. The number of hydrogen-bond acceptors (Lipinski definition) is 2. The van der Waals surface area contributed by atoms with Crippen LogP contribution in [0.1, 0.15) is 33.6 Å². The zero-order valence-corrected chi connectivity index (χ0v) is 8.21. The number of hydrogen-bond donors (Lipinski definition) is 1. The van der Waals surface area contributed by atoms with Gasteiger partial charge < -0.3 is 10.0 Å². The lowest BCUT2D eigenvalue weighted by molar-refractivity contribution is -0.139. The maximum Gasteiger partial charge on any atom is 0.251 e. The van der Waals surface area contributed by atoms with E-state index >= 15 is 0 Å². The van der Waals surface area contributed by atoms with Crippen LogP contribution in [0, 0.1) is 0 Å². The van der Waals surface area contributed by atoms with Crippen LogP contribution < -0.4 is 0 Å². The van der Waals surface area contributed by atoms with Gasteiger partial charge in [-0.1, -0.05) is 13.8 Å². The number of carbonyl (C=O) groups excluding carboxylic acids is 1. The molecule has 0 radical (unpaired) electrons. The van der Waals surface area contributed by atoms with E-state index < -0.39 is 6.10 Å². The average Bonchev–Trinajstić information content (AvgIpc) is 2.03. The number of amides is 1. The van der Waals surface area contributed by atoms with Crippen LogP contribution in [-0.2, 0) is 4.79 Å². The minimum atomic E-state index is -0.858. The van der Waals surface area contributed by atoms with E-state index in [0.29, 0.717) is 0 Å². The molecular formula is C9H19NO2. The quantitative estimate of drug-likeness (QED) is 0.674. The van der Waals surface area contributed by atoms with Gasteiger partial charge in [0.25, 0.3) is 5.91 Å². The number of aliphatic hydroxyl groups is 1. The Morgan fingerprint density at radius 1 is 1.33 bits per heavy atom. The van der Waals surface area contributed by atoms with Gasteiger partial charge in [0.05, 0.1) is 0 Å². The topological polar surface area (TPSA) is 40.5 Å². The van der Waals surface area contributed by atoms with Crippen molar-refractivity contribution in [3.8, 4) is 0 Å². The van der Waals surface area contributed by atoms with Gasteiger partial charge in [-0.3, -0.25) is 4.79 Å². The Bertz CT molecular complexity index is 128. The average molecular weight is 173 g/mol. The molecular weight excluding hydrogens is 154 g/mol. The van der Waals surface area contributed by atoms with Gasteiger partial charge in [-0.15, -0.1) is 0 Å². The van der Waals surface area contributed by atoms with Crippen molar-refractivity contribution in [2.75, 3.05) is 13.1 Å². The van der Waals surface area contributed by atoms with Crippen LogP contribution in [0.2, 0.25) is 0 Å². The van der Waals surface area contributed by atoms with Crippen molar-refractivity contribution in [1.29, 1.82) is 0 Å². The fourth-order valence-corrected chi connectivity index (χ4v) is 1.14. The van der Waals surface area contributed by atoms with Crippen LogP contribution in [0.3, 0.4) is 0 Å². The first-order valence-corrected chi connectivity index (χ1v) is 4.60. The van der Waals surface area contributed by atoms with E-state index in [1.54, 1.807) is 4.90 Å². The predicted octanol–water partition coefficient (Wildman–Crippen LogP) is 1.02. The molecule has 0 aliphatic rings. The molecule has 1 amide bonds. The van der Waals surface area contributed by atoms with Gasteiger partial charge in [0.1, 0.15) is 6.10 Å². The van der Waals surface area contributed by atoms with Crippen molar-refractivity contribution >= 4 is 5.91 Å². The van der Waals surface area contributed by atoms with Crippen LogP contribution in [0.5, 0.6) is 0 Å². The zero-order valence-electron chi connectivity index (χ0n) is 8.21. The van der Waals surface area contributed by atoms with Gasteiger partial charge >= 0.3 is 0 Å². The first-order chi connectivity index (χ1) is 5.63. The lowest BCUT2D eigenvalue weighted by atomic mass is 10.3. The first kappa shape index (κ1) is 11.4. The zero-order chi connectivity index (χ0) is 9.56. The maximum absolute atomic E-state index is 11.3. The second kappa shape index (κ2) is 6.00. The molecule has 0 spiro atoms. The van der Waals surface area contributed by atoms with Gasteiger partial charge in [0, 0.05) is 13.1 Å². The summed E-state index contributed by atoms with van der Waals surface area (Å²) in [6.45, 7) is 7.06. The van der Waals surface area contributed by atoms with Crippen LogP contribution in [0.4, 0.5) is 0 Å². The van der Waals surface area contributed by atoms with E-state index in [9.17, 15) is 4.79 Å². The first-order valence-electron chi connectivity index (χ1n) is 4.60. The van der Waals surface area contributed by atoms with Crippen LogP contribution >= 0.6 is 0 Å². The Morgan fingerprint density at radius 2 is 1.75 bits per heavy atom. The smallest absolute Gasteiger partial charge is 0.251 e. The molecule has 0 aromatic carbocycles. The summed E-state index contributed by atoms with van der Waals surface area (Å²) < 4.78 is 0. The number of rotatable bonds is 5. The Balaban J connectivity index is 3.99. The van der Waals surface area contributed by atoms with E-state index in [1.165, 1.54) is 6.92 Å². The van der Waals surface area contributed by atoms with E-state index in [1.807, 2.05) is 13.8 Å². The molecule has 1 N–H and O–H groups in total. The van der Waals surface area contributed by atoms with Crippen molar-refractivity contribution in [3.63, 3.8) is 0 Å². The summed E-state index contributed by atoms with van der Waals surface area (Å²) in [6, 6.07) is 0. The van der Waals surface area contributed by atoms with Crippen LogP contribution in [-0.4, -0.2) is 35.1 Å². The van der Waals surface area contributed by atoms with Gasteiger partial charge in [-0.2, -0.15) is 0 Å². The van der Waals surface area contributed by atoms with Crippen LogP contribution in [0.15, 0.2) is 0 Å². The van der Waals surface area contributed by atoms with Gasteiger partial charge in [0.2, 0.25) is 0 Å². The summed E-state index contributed by atoms with van der Waals surface area (Å²) in [5.74, 6) is -0.154. The second-order valence-corrected chi connectivity index (χ2v) is 3.00. The highest BCUT2D eigenvalue weighted by atomic mass is 16.3. The Morgan fingerprint density at radius 3 is 2.00 bits per heavy atom. The van der Waals surface area contributed by atoms with Crippen molar-refractivity contribution < 1.29 is 9.90 Å². The van der Waals surface area contributed by atoms with Gasteiger partial charge in [-0.25, -0.2) is 0 Å². The highest BCUT2D eigenvalue weighted by Crippen LogP contribution is 1.98. The molecule has 1 atom stereocenters. The molecule has 0 aliphatic carbocycles. The van der Waals surface area contributed by atoms with Gasteiger partial charge in [0.15, 0.2) is 0 Å². The van der Waals surface area contributed by atoms with Crippen molar-refractivity contribution in [3.05, 3.63) is 0 Å². The lowest BCUT2D eigenvalue weighted by Crippen LogP contribution is -2.38. The molecule has 3 nitrogen and oxygen atoms in total. The highest BCUT2D eigenvalue weighted by Gasteiger charge is 2.15. The van der Waals surface area contributed by atoms with E-state index in [2.05, 4.69) is 0 Å². The molecule has 0 fully saturated rings. The molecule has 0 saturated heterocycles. The van der Waals surface area contributed by atoms with Crippen molar-refractivity contribution in [2.24, 2.45) is 0 Å². The molecule has 3 heteroatoms. The fourth-order valence-electron chi connectivity index (χ4n) is 1.14. The molecule has 0 heterocycles. The summed E-state index contributed by atoms with van der Waals surface area (Å²) in [6.07, 6.45) is 1.03. The maximum atomic E-state index is 11.3. The summed E-state index contributed by atoms with van der Waals surface area (Å²) in [5.41, 5.74) is 0. The van der Waals surface area contributed by atoms with Crippen LogP contribution in [0.25, 0.3) is 0 Å². The molecule has 0 bridgehead atoms. The lowest BCUT2D eigenvalue weighted by Gasteiger charge is -2.22. The number of nitrogens with zero attached hydrogens (tertiary/aromatic N) is 1. The highest BCUT2D eigenvalue weighted by molar-refractivity contribution is 5.80. The van der Waals surface area contributed by atoms with Crippen molar-refractivity contribution in [2.45, 2.75) is 39.7 Å². The van der Waals surface area contributed by atoms with E-state index in [4.69, 9.17) is 5.11 Å². The number of aliphatic hydroxyl groups excluding tert-OH is 1. The summed E-state index contributed by atoms with van der Waals surface area (Å²) in [4.78, 5) is 13.0. The molecule has 0 aliphatic heterocycles. The Hall–Kier alpha value is -0.570. The summed E-state index contributed by atoms with van der Waals surface area (Å²) >= 11 is 0. The third-order valence-corrected chi connectivity index (χ3v) is 1.66. The van der Waals surface area contributed by atoms with Gasteiger partial charge in [-0.05, 0) is 19.8 Å². The monoisotopic (exact) mass is 173 g/mol. The summed E-state index contributed by atoms with van der Waals surface area (Å²) in [7, 11) is 0. The Kier molecular flexibility index (Phi) is 5.72. The third kappa shape index (κ3) is 3.72. The number of carbonyl (C=O) groups is 1. The predicted molar refractivity (Wildman–Crippen MR) is 48.8 cm³/mol. The standard InChI is InChI=1S/C9H19NO2/c1-4-6-10(7-5-2)9(12)8(3)11/h8,11H,4-7H2,1-3H3. The minimum Gasteiger partial charge on any atom is -0.384 e. The second-order valence-electron chi connectivity index (χ2n) is 3.00. The molecule has 0 aromatic rings. The van der Waals surface area contributed by atoms with E-state index in [-0.39, 0.29) is 5.91 Å². The fraction of sp³-hybridized carbons (Fsp3) is 0.889. The van der Waals surface area contributed by atoms with E-state index in [0.717, 1.165) is 25.9 Å². The summed E-state index contributed by atoms with van der Waals surface area (Å²) in [5, 5.41) is 9.05. The SMILES string of the molecule is CCCN(CCC)C(=O)C(C)O. The Labute approximate surface area is 74.4 Å². The molecule has 72 valence electrons. The molecule has 12 heavy (non-hydrogen) atoms.